The molecule has 0 bridgehead atoms. The third-order valence-corrected chi connectivity index (χ3v) is 6.60. The van der Waals surface area contributed by atoms with Gasteiger partial charge in [-0.15, -0.1) is 0 Å². The van der Waals surface area contributed by atoms with E-state index in [0.717, 1.165) is 29.4 Å². The summed E-state index contributed by atoms with van der Waals surface area (Å²) in [6.07, 6.45) is 1.82. The monoisotopic (exact) mass is 487 g/mol. The number of amides is 1. The predicted octanol–water partition coefficient (Wildman–Crippen LogP) is 4.29. The first kappa shape index (κ1) is 25.8. The minimum Gasteiger partial charge on any atom is -0.469 e. The van der Waals surface area contributed by atoms with Gasteiger partial charge >= 0.3 is 11.9 Å². The number of carbonyl (C=O) groups excluding carboxylic acids is 3. The number of nitrogens with one attached hydrogen (secondary N) is 1. The Morgan fingerprint density at radius 3 is 2.79 bits per heavy atom. The number of methoxy groups -OCH3 is 1. The van der Waals surface area contributed by atoms with Crippen molar-refractivity contribution < 1.29 is 23.9 Å². The van der Waals surface area contributed by atoms with Gasteiger partial charge in [0.1, 0.15) is 0 Å². The summed E-state index contributed by atoms with van der Waals surface area (Å²) in [7, 11) is 1.33. The smallest absolute Gasteiger partial charge is 0.338 e. The van der Waals surface area contributed by atoms with Crippen molar-refractivity contribution in [2.75, 3.05) is 31.3 Å². The van der Waals surface area contributed by atoms with Crippen molar-refractivity contribution in [1.82, 2.24) is 4.90 Å². The van der Waals surface area contributed by atoms with Crippen molar-refractivity contribution in [3.63, 3.8) is 0 Å². The highest BCUT2D eigenvalue weighted by Gasteiger charge is 2.38. The number of ether oxygens (including phenoxy) is 2. The fourth-order valence-corrected chi connectivity index (χ4v) is 4.92. The fraction of sp³-hybridized carbons (Fsp3) is 0.520. The van der Waals surface area contributed by atoms with Crippen LogP contribution in [0.2, 0.25) is 0 Å². The Labute approximate surface area is 205 Å². The van der Waals surface area contributed by atoms with Crippen LogP contribution in [0.5, 0.6) is 0 Å². The number of anilines is 1. The number of thioether (sulfide) groups is 1. The van der Waals surface area contributed by atoms with Crippen molar-refractivity contribution in [2.45, 2.75) is 52.5 Å². The number of carbonyl (C=O) groups is 3. The van der Waals surface area contributed by atoms with Gasteiger partial charge in [0, 0.05) is 30.8 Å². The molecule has 34 heavy (non-hydrogen) atoms. The minimum atomic E-state index is -0.355. The zero-order chi connectivity index (χ0) is 24.7. The number of esters is 2. The topological polar surface area (TPSA) is 97.3 Å². The number of fused-ring (bicyclic) bond motifs is 1. The zero-order valence-electron chi connectivity index (χ0n) is 20.3. The molecule has 1 saturated heterocycles. The van der Waals surface area contributed by atoms with Crippen molar-refractivity contribution in [1.29, 1.82) is 0 Å². The van der Waals surface area contributed by atoms with E-state index in [9.17, 15) is 14.4 Å². The Balaban J connectivity index is 1.83. The van der Waals surface area contributed by atoms with Crippen LogP contribution in [-0.4, -0.2) is 53.9 Å². The standard InChI is InChI=1S/C25H33N3O5S/c1-16(2)15-33-24(31)22-17(3)26-25-28(12-7-13-34-25)23(22)18-8-5-9-19(14-18)27-20(29)10-6-11-21(30)32-4/h5,8-9,14,16,23H,6-7,10-13,15H2,1-4H3,(H,27,29). The summed E-state index contributed by atoms with van der Waals surface area (Å²) in [5.74, 6) is 0.359. The molecule has 0 saturated carbocycles. The van der Waals surface area contributed by atoms with E-state index in [0.29, 0.717) is 30.0 Å². The van der Waals surface area contributed by atoms with Crippen LogP contribution in [-0.2, 0) is 23.9 Å². The summed E-state index contributed by atoms with van der Waals surface area (Å²) in [6, 6.07) is 7.21. The van der Waals surface area contributed by atoms with Gasteiger partial charge in [-0.3, -0.25) is 9.59 Å². The maximum atomic E-state index is 13.1. The zero-order valence-corrected chi connectivity index (χ0v) is 21.1. The quantitative estimate of drug-likeness (QED) is 0.519. The Kier molecular flexibility index (Phi) is 9.15. The summed E-state index contributed by atoms with van der Waals surface area (Å²) in [6.45, 7) is 6.99. The number of hydrogen-bond donors (Lipinski definition) is 1. The molecular weight excluding hydrogens is 454 g/mol. The highest BCUT2D eigenvalue weighted by Crippen LogP contribution is 2.40. The molecule has 1 aromatic carbocycles. The Bertz CT molecular complexity index is 989. The predicted molar refractivity (Wildman–Crippen MR) is 133 cm³/mol. The molecule has 1 unspecified atom stereocenters. The van der Waals surface area contributed by atoms with E-state index >= 15 is 0 Å². The lowest BCUT2D eigenvalue weighted by molar-refractivity contribution is -0.141. The lowest BCUT2D eigenvalue weighted by atomic mass is 9.94. The van der Waals surface area contributed by atoms with Crippen LogP contribution in [0.25, 0.3) is 0 Å². The second-order valence-corrected chi connectivity index (χ2v) is 9.85. The first-order valence-electron chi connectivity index (χ1n) is 11.6. The molecule has 0 spiro atoms. The van der Waals surface area contributed by atoms with Crippen LogP contribution < -0.4 is 5.32 Å². The summed E-state index contributed by atoms with van der Waals surface area (Å²) < 4.78 is 10.2. The van der Waals surface area contributed by atoms with Crippen LogP contribution in [0.3, 0.4) is 0 Å². The van der Waals surface area contributed by atoms with Gasteiger partial charge in [-0.1, -0.05) is 37.7 Å². The Hall–Kier alpha value is -2.81. The largest absolute Gasteiger partial charge is 0.469 e. The molecule has 0 aromatic heterocycles. The van der Waals surface area contributed by atoms with E-state index in [2.05, 4.69) is 15.0 Å². The summed E-state index contributed by atoms with van der Waals surface area (Å²) in [5, 5.41) is 3.81. The van der Waals surface area contributed by atoms with Crippen molar-refractivity contribution in [2.24, 2.45) is 10.9 Å². The van der Waals surface area contributed by atoms with E-state index < -0.39 is 0 Å². The minimum absolute atomic E-state index is 0.177. The summed E-state index contributed by atoms with van der Waals surface area (Å²) in [4.78, 5) is 43.7. The Morgan fingerprint density at radius 2 is 2.06 bits per heavy atom. The average molecular weight is 488 g/mol. The second kappa shape index (κ2) is 12.1. The van der Waals surface area contributed by atoms with Crippen LogP contribution in [0.1, 0.15) is 58.1 Å². The van der Waals surface area contributed by atoms with Gasteiger partial charge in [0.15, 0.2) is 5.17 Å². The Morgan fingerprint density at radius 1 is 1.26 bits per heavy atom. The summed E-state index contributed by atoms with van der Waals surface area (Å²) >= 11 is 1.69. The number of benzene rings is 1. The number of hydrogen-bond acceptors (Lipinski definition) is 8. The molecule has 9 heteroatoms. The van der Waals surface area contributed by atoms with Gasteiger partial charge in [0.2, 0.25) is 5.91 Å². The second-order valence-electron chi connectivity index (χ2n) is 8.79. The molecule has 2 aliphatic rings. The lowest BCUT2D eigenvalue weighted by Crippen LogP contribution is -2.42. The first-order chi connectivity index (χ1) is 16.3. The number of allylic oxidation sites excluding steroid dienone is 1. The number of rotatable bonds is 9. The van der Waals surface area contributed by atoms with E-state index in [-0.39, 0.29) is 42.6 Å². The SMILES string of the molecule is COC(=O)CCCC(=O)Nc1cccc(C2C(C(=O)OCC(C)C)=C(C)N=C3SCCCN32)c1. The van der Waals surface area contributed by atoms with Crippen LogP contribution in [0.4, 0.5) is 5.69 Å². The van der Waals surface area contributed by atoms with Crippen LogP contribution in [0, 0.1) is 5.92 Å². The molecule has 1 N–H and O–H groups in total. The molecule has 0 radical (unpaired) electrons. The maximum absolute atomic E-state index is 13.1. The molecule has 1 atom stereocenters. The van der Waals surface area contributed by atoms with Gasteiger partial charge in [0.25, 0.3) is 0 Å². The van der Waals surface area contributed by atoms with E-state index in [1.54, 1.807) is 11.8 Å². The lowest BCUT2D eigenvalue weighted by Gasteiger charge is -2.40. The molecule has 1 aromatic rings. The highest BCUT2D eigenvalue weighted by atomic mass is 32.2. The molecule has 3 rings (SSSR count). The van der Waals surface area contributed by atoms with Crippen molar-refractivity contribution >= 4 is 40.5 Å². The van der Waals surface area contributed by atoms with E-state index in [1.165, 1.54) is 7.11 Å². The van der Waals surface area contributed by atoms with E-state index in [1.807, 2.05) is 45.0 Å². The third-order valence-electron chi connectivity index (χ3n) is 5.52. The van der Waals surface area contributed by atoms with Crippen LogP contribution in [0.15, 0.2) is 40.5 Å². The van der Waals surface area contributed by atoms with E-state index in [4.69, 9.17) is 9.73 Å². The molecule has 2 aliphatic heterocycles. The first-order valence-corrected chi connectivity index (χ1v) is 12.6. The molecule has 1 fully saturated rings. The van der Waals surface area contributed by atoms with Gasteiger partial charge in [-0.2, -0.15) is 0 Å². The number of amidine groups is 1. The van der Waals surface area contributed by atoms with Gasteiger partial charge < -0.3 is 19.7 Å². The molecule has 1 amide bonds. The molecule has 184 valence electrons. The van der Waals surface area contributed by atoms with Crippen molar-refractivity contribution in [3.8, 4) is 0 Å². The van der Waals surface area contributed by atoms with Gasteiger partial charge in [0.05, 0.1) is 31.0 Å². The average Bonchev–Trinajstić information content (AvgIpc) is 2.81. The fourth-order valence-electron chi connectivity index (χ4n) is 3.90. The molecule has 0 aliphatic carbocycles. The summed E-state index contributed by atoms with van der Waals surface area (Å²) in [5.41, 5.74) is 2.73. The molecular formula is C25H33N3O5S. The number of aliphatic imine (C=N–C) groups is 1. The molecule has 8 nitrogen and oxygen atoms in total. The van der Waals surface area contributed by atoms with Gasteiger partial charge in [-0.05, 0) is 43.4 Å². The third kappa shape index (κ3) is 6.62. The number of nitrogens with zero attached hydrogens (tertiary/aromatic N) is 2. The normalized spacial score (nSPS) is 17.7. The maximum Gasteiger partial charge on any atom is 0.338 e. The van der Waals surface area contributed by atoms with Gasteiger partial charge in [-0.25, -0.2) is 9.79 Å². The van der Waals surface area contributed by atoms with Crippen molar-refractivity contribution in [3.05, 3.63) is 41.1 Å². The molecule has 2 heterocycles. The van der Waals surface area contributed by atoms with Crippen LogP contribution >= 0.6 is 11.8 Å². The highest BCUT2D eigenvalue weighted by molar-refractivity contribution is 8.13.